The third-order valence-electron chi connectivity index (χ3n) is 3.26. The van der Waals surface area contributed by atoms with Gasteiger partial charge in [0.1, 0.15) is 4.90 Å². The van der Waals surface area contributed by atoms with Gasteiger partial charge < -0.3 is 4.90 Å². The number of carbonyl (C=O) groups excluding carboxylic acids is 1. The highest BCUT2D eigenvalue weighted by Gasteiger charge is 2.19. The van der Waals surface area contributed by atoms with Gasteiger partial charge in [0.2, 0.25) is 0 Å². The van der Waals surface area contributed by atoms with E-state index in [0.29, 0.717) is 15.7 Å². The fraction of sp³-hybridized carbons (Fsp3) is 0.188. The van der Waals surface area contributed by atoms with Gasteiger partial charge in [0, 0.05) is 24.1 Å². The quantitative estimate of drug-likeness (QED) is 0.861. The second kappa shape index (κ2) is 6.72. The average Bonchev–Trinajstić information content (AvgIpc) is 2.48. The van der Waals surface area contributed by atoms with Crippen LogP contribution in [0.5, 0.6) is 0 Å². The molecule has 7 heteroatoms. The molecule has 23 heavy (non-hydrogen) atoms. The molecule has 0 aromatic heterocycles. The highest BCUT2D eigenvalue weighted by atomic mass is 79.9. The lowest BCUT2D eigenvalue weighted by molar-refractivity contribution is 0.0827. The van der Waals surface area contributed by atoms with Crippen LogP contribution < -0.4 is 4.72 Å². The van der Waals surface area contributed by atoms with E-state index < -0.39 is 10.0 Å². The van der Waals surface area contributed by atoms with Crippen molar-refractivity contribution >= 4 is 37.5 Å². The summed E-state index contributed by atoms with van der Waals surface area (Å²) in [6.45, 7) is 1.78. The zero-order valence-electron chi connectivity index (χ0n) is 13.0. The normalized spacial score (nSPS) is 11.1. The Morgan fingerprint density at radius 3 is 2.39 bits per heavy atom. The summed E-state index contributed by atoms with van der Waals surface area (Å²) >= 11 is 3.24. The molecule has 1 N–H and O–H groups in total. The Morgan fingerprint density at radius 1 is 1.13 bits per heavy atom. The van der Waals surface area contributed by atoms with Gasteiger partial charge in [-0.1, -0.05) is 18.2 Å². The Hall–Kier alpha value is -1.86. The van der Waals surface area contributed by atoms with Crippen molar-refractivity contribution in [1.29, 1.82) is 0 Å². The topological polar surface area (TPSA) is 66.5 Å². The van der Waals surface area contributed by atoms with Crippen LogP contribution in [0.1, 0.15) is 15.9 Å². The number of nitrogens with one attached hydrogen (secondary N) is 1. The summed E-state index contributed by atoms with van der Waals surface area (Å²) in [5, 5.41) is 0. The molecule has 0 atom stereocenters. The number of carbonyl (C=O) groups is 1. The van der Waals surface area contributed by atoms with Crippen LogP contribution >= 0.6 is 15.9 Å². The van der Waals surface area contributed by atoms with Crippen LogP contribution in [0.15, 0.2) is 51.8 Å². The van der Waals surface area contributed by atoms with E-state index in [1.54, 1.807) is 57.4 Å². The number of aryl methyl sites for hydroxylation is 1. The van der Waals surface area contributed by atoms with Gasteiger partial charge in [-0.25, -0.2) is 8.42 Å². The first kappa shape index (κ1) is 17.5. The molecule has 0 saturated carbocycles. The van der Waals surface area contributed by atoms with Gasteiger partial charge in [-0.2, -0.15) is 0 Å². The van der Waals surface area contributed by atoms with Crippen LogP contribution in [0, 0.1) is 6.92 Å². The van der Waals surface area contributed by atoms with Gasteiger partial charge in [0.15, 0.2) is 0 Å². The number of anilines is 1. The predicted octanol–water partition coefficient (Wildman–Crippen LogP) is 3.26. The maximum absolute atomic E-state index is 12.6. The Bertz CT molecular complexity index is 848. The largest absolute Gasteiger partial charge is 0.345 e. The van der Waals surface area contributed by atoms with Gasteiger partial charge in [-0.05, 0) is 52.7 Å². The molecule has 5 nitrogen and oxygen atoms in total. The zero-order valence-corrected chi connectivity index (χ0v) is 15.4. The van der Waals surface area contributed by atoms with E-state index in [1.165, 1.54) is 11.0 Å². The zero-order chi connectivity index (χ0) is 17.2. The van der Waals surface area contributed by atoms with E-state index >= 15 is 0 Å². The summed E-state index contributed by atoms with van der Waals surface area (Å²) in [4.78, 5) is 13.6. The molecule has 0 radical (unpaired) electrons. The van der Waals surface area contributed by atoms with E-state index in [1.807, 2.05) is 0 Å². The van der Waals surface area contributed by atoms with Crippen molar-refractivity contribution in [3.05, 3.63) is 58.1 Å². The molecule has 0 heterocycles. The van der Waals surface area contributed by atoms with Crippen molar-refractivity contribution in [3.8, 4) is 0 Å². The monoisotopic (exact) mass is 396 g/mol. The minimum absolute atomic E-state index is 0.142. The van der Waals surface area contributed by atoms with Gasteiger partial charge in [-0.3, -0.25) is 9.52 Å². The minimum atomic E-state index is -3.75. The Labute approximate surface area is 144 Å². The van der Waals surface area contributed by atoms with Gasteiger partial charge in [-0.15, -0.1) is 0 Å². The highest BCUT2D eigenvalue weighted by molar-refractivity contribution is 9.10. The van der Waals surface area contributed by atoms with Gasteiger partial charge in [0.05, 0.1) is 5.69 Å². The molecule has 2 aromatic carbocycles. The molecule has 2 aromatic rings. The molecular weight excluding hydrogens is 380 g/mol. The van der Waals surface area contributed by atoms with Crippen LogP contribution in [0.2, 0.25) is 0 Å². The van der Waals surface area contributed by atoms with Crippen LogP contribution in [-0.2, 0) is 10.0 Å². The maximum atomic E-state index is 12.6. The van der Waals surface area contributed by atoms with Crippen molar-refractivity contribution in [2.75, 3.05) is 18.8 Å². The summed E-state index contributed by atoms with van der Waals surface area (Å²) in [6, 6.07) is 11.5. The van der Waals surface area contributed by atoms with E-state index in [9.17, 15) is 13.2 Å². The molecule has 1 amide bonds. The molecule has 0 spiro atoms. The number of hydrogen-bond donors (Lipinski definition) is 1. The Morgan fingerprint density at radius 2 is 1.78 bits per heavy atom. The highest BCUT2D eigenvalue weighted by Crippen LogP contribution is 2.26. The summed E-state index contributed by atoms with van der Waals surface area (Å²) in [7, 11) is -0.459. The average molecular weight is 397 g/mol. The molecule has 0 saturated heterocycles. The fourth-order valence-corrected chi connectivity index (χ4v) is 4.11. The maximum Gasteiger partial charge on any atom is 0.263 e. The molecule has 0 aliphatic carbocycles. The van der Waals surface area contributed by atoms with Crippen LogP contribution in [0.3, 0.4) is 0 Å². The standard InChI is InChI=1S/C16H17BrN2O3S/c1-11-8-9-12(16(20)19(2)3)10-14(11)18-23(21,22)15-7-5-4-6-13(15)17/h4-10,18H,1-3H3. The SMILES string of the molecule is Cc1ccc(C(=O)N(C)C)cc1NS(=O)(=O)c1ccccc1Br. The Kier molecular flexibility index (Phi) is 5.11. The fourth-order valence-electron chi connectivity index (χ4n) is 1.99. The van der Waals surface area contributed by atoms with Crippen molar-refractivity contribution in [1.82, 2.24) is 4.90 Å². The second-order valence-electron chi connectivity index (χ2n) is 5.27. The number of amides is 1. The van der Waals surface area contributed by atoms with E-state index in [4.69, 9.17) is 0 Å². The smallest absolute Gasteiger partial charge is 0.263 e. The van der Waals surface area contributed by atoms with Gasteiger partial charge in [0.25, 0.3) is 15.9 Å². The summed E-state index contributed by atoms with van der Waals surface area (Å²) < 4.78 is 28.1. The number of benzene rings is 2. The third-order valence-corrected chi connectivity index (χ3v) is 5.64. The molecule has 0 aliphatic rings. The van der Waals surface area contributed by atoms with Gasteiger partial charge >= 0.3 is 0 Å². The summed E-state index contributed by atoms with van der Waals surface area (Å²) in [5.74, 6) is -0.189. The van der Waals surface area contributed by atoms with Crippen molar-refractivity contribution in [3.63, 3.8) is 0 Å². The van der Waals surface area contributed by atoms with E-state index in [0.717, 1.165) is 5.56 Å². The molecule has 122 valence electrons. The summed E-state index contributed by atoms with van der Waals surface area (Å²) in [6.07, 6.45) is 0. The first-order valence-corrected chi connectivity index (χ1v) is 9.09. The lowest BCUT2D eigenvalue weighted by Crippen LogP contribution is -2.22. The number of sulfonamides is 1. The van der Waals surface area contributed by atoms with Crippen LogP contribution in [-0.4, -0.2) is 33.3 Å². The molecule has 0 unspecified atom stereocenters. The van der Waals surface area contributed by atoms with E-state index in [2.05, 4.69) is 20.7 Å². The molecule has 0 fully saturated rings. The van der Waals surface area contributed by atoms with Crippen LogP contribution in [0.25, 0.3) is 0 Å². The molecule has 0 bridgehead atoms. The molecule has 2 rings (SSSR count). The van der Waals surface area contributed by atoms with Crippen molar-refractivity contribution < 1.29 is 13.2 Å². The lowest BCUT2D eigenvalue weighted by atomic mass is 10.1. The molecular formula is C16H17BrN2O3S. The summed E-state index contributed by atoms with van der Waals surface area (Å²) in [5.41, 5.74) is 1.54. The molecule has 0 aliphatic heterocycles. The minimum Gasteiger partial charge on any atom is -0.345 e. The first-order valence-electron chi connectivity index (χ1n) is 6.82. The lowest BCUT2D eigenvalue weighted by Gasteiger charge is -2.15. The number of rotatable bonds is 4. The number of hydrogen-bond acceptors (Lipinski definition) is 3. The first-order chi connectivity index (χ1) is 10.7. The van der Waals surface area contributed by atoms with Crippen LogP contribution in [0.4, 0.5) is 5.69 Å². The number of halogens is 1. The third kappa shape index (κ3) is 3.92. The van der Waals surface area contributed by atoms with Crippen molar-refractivity contribution in [2.24, 2.45) is 0 Å². The van der Waals surface area contributed by atoms with E-state index in [-0.39, 0.29) is 10.8 Å². The van der Waals surface area contributed by atoms with Crippen molar-refractivity contribution in [2.45, 2.75) is 11.8 Å². The predicted molar refractivity (Wildman–Crippen MR) is 94.1 cm³/mol. The number of nitrogens with zero attached hydrogens (tertiary/aromatic N) is 1. The Balaban J connectivity index is 2.42. The second-order valence-corrected chi connectivity index (χ2v) is 7.77.